The van der Waals surface area contributed by atoms with Crippen molar-refractivity contribution in [2.24, 2.45) is 5.92 Å². The summed E-state index contributed by atoms with van der Waals surface area (Å²) in [7, 11) is -3.94. The van der Waals surface area contributed by atoms with E-state index in [0.717, 1.165) is 31.7 Å². The van der Waals surface area contributed by atoms with Crippen molar-refractivity contribution >= 4 is 27.6 Å². The maximum atomic E-state index is 13.0. The normalized spacial score (nSPS) is 19.6. The van der Waals surface area contributed by atoms with E-state index in [1.54, 1.807) is 13.8 Å². The molecule has 1 aliphatic heterocycles. The molecular formula is C22H31N3O7S. The number of rotatable bonds is 7. The summed E-state index contributed by atoms with van der Waals surface area (Å²) in [6.45, 7) is 3.31. The molecule has 1 aliphatic carbocycles. The van der Waals surface area contributed by atoms with Crippen LogP contribution in [-0.2, 0) is 24.3 Å². The Morgan fingerprint density at radius 1 is 1.15 bits per heavy atom. The summed E-state index contributed by atoms with van der Waals surface area (Å²) in [4.78, 5) is 35.2. The fourth-order valence-corrected chi connectivity index (χ4v) is 6.05. The lowest BCUT2D eigenvalue weighted by Gasteiger charge is -2.31. The number of hydrogen-bond acceptors (Lipinski definition) is 7. The van der Waals surface area contributed by atoms with E-state index in [2.05, 4.69) is 5.32 Å². The van der Waals surface area contributed by atoms with E-state index < -0.39 is 32.9 Å². The zero-order chi connectivity index (χ0) is 24.2. The highest BCUT2D eigenvalue weighted by atomic mass is 32.2. The highest BCUT2D eigenvalue weighted by molar-refractivity contribution is 7.89. The third-order valence-corrected chi connectivity index (χ3v) is 8.44. The number of esters is 1. The second-order valence-electron chi connectivity index (χ2n) is 8.81. The van der Waals surface area contributed by atoms with Gasteiger partial charge in [-0.2, -0.15) is 4.31 Å². The molecule has 2 aliphatic rings. The fraction of sp³-hybridized carbons (Fsp3) is 0.636. The van der Waals surface area contributed by atoms with Crippen LogP contribution in [0.2, 0.25) is 0 Å². The van der Waals surface area contributed by atoms with Gasteiger partial charge >= 0.3 is 5.97 Å². The van der Waals surface area contributed by atoms with E-state index >= 15 is 0 Å². The molecule has 0 spiro atoms. The average Bonchev–Trinajstić information content (AvgIpc) is 2.79. The van der Waals surface area contributed by atoms with Crippen LogP contribution in [0.25, 0.3) is 0 Å². The first kappa shape index (κ1) is 25.1. The molecule has 182 valence electrons. The molecule has 1 saturated heterocycles. The van der Waals surface area contributed by atoms with Gasteiger partial charge in [0.2, 0.25) is 10.0 Å². The summed E-state index contributed by atoms with van der Waals surface area (Å²) in [5, 5.41) is 14.0. The van der Waals surface area contributed by atoms with E-state index in [9.17, 15) is 28.1 Å². The lowest BCUT2D eigenvalue weighted by molar-refractivity contribution is -0.385. The number of piperidine rings is 1. The Hall–Kier alpha value is -2.53. The number of hydrogen-bond donors (Lipinski definition) is 1. The highest BCUT2D eigenvalue weighted by Gasteiger charge is 2.35. The van der Waals surface area contributed by atoms with Crippen LogP contribution >= 0.6 is 0 Å². The third kappa shape index (κ3) is 6.08. The van der Waals surface area contributed by atoms with Crippen molar-refractivity contribution in [2.45, 2.75) is 75.8 Å². The quantitative estimate of drug-likeness (QED) is 0.359. The molecule has 0 radical (unpaired) electrons. The Balaban J connectivity index is 1.55. The number of nitro groups is 1. The van der Waals surface area contributed by atoms with Crippen molar-refractivity contribution in [3.05, 3.63) is 33.9 Å². The third-order valence-electron chi connectivity index (χ3n) is 6.40. The smallest absolute Gasteiger partial charge is 0.309 e. The van der Waals surface area contributed by atoms with Gasteiger partial charge in [0.05, 0.1) is 15.7 Å². The number of sulfonamides is 1. The maximum absolute atomic E-state index is 13.0. The molecule has 0 aromatic heterocycles. The van der Waals surface area contributed by atoms with Crippen molar-refractivity contribution in [1.82, 2.24) is 9.62 Å². The predicted octanol–water partition coefficient (Wildman–Crippen LogP) is 2.68. The van der Waals surface area contributed by atoms with Crippen LogP contribution in [0.15, 0.2) is 23.1 Å². The number of carbonyl (C=O) groups is 2. The van der Waals surface area contributed by atoms with E-state index in [0.29, 0.717) is 5.56 Å². The van der Waals surface area contributed by atoms with E-state index in [1.807, 2.05) is 0 Å². The summed E-state index contributed by atoms with van der Waals surface area (Å²) in [5.74, 6) is -1.33. The minimum atomic E-state index is -3.94. The van der Waals surface area contributed by atoms with Crippen molar-refractivity contribution in [2.75, 3.05) is 13.1 Å². The molecule has 10 nitrogen and oxygen atoms in total. The van der Waals surface area contributed by atoms with Crippen LogP contribution in [0.4, 0.5) is 5.69 Å². The second kappa shape index (κ2) is 10.6. The second-order valence-corrected chi connectivity index (χ2v) is 10.7. The molecule has 33 heavy (non-hydrogen) atoms. The molecule has 11 heteroatoms. The van der Waals surface area contributed by atoms with Crippen molar-refractivity contribution < 1.29 is 27.7 Å². The van der Waals surface area contributed by atoms with Crippen LogP contribution in [0.5, 0.6) is 0 Å². The molecule has 1 amide bonds. The van der Waals surface area contributed by atoms with Crippen LogP contribution in [0, 0.1) is 23.0 Å². The number of benzene rings is 1. The lowest BCUT2D eigenvalue weighted by Crippen LogP contribution is -2.44. The zero-order valence-electron chi connectivity index (χ0n) is 19.0. The molecule has 1 saturated carbocycles. The number of carbonyl (C=O) groups excluding carboxylic acids is 2. The molecule has 0 bridgehead atoms. The van der Waals surface area contributed by atoms with Crippen molar-refractivity contribution in [3.8, 4) is 0 Å². The van der Waals surface area contributed by atoms with Crippen molar-refractivity contribution in [3.63, 3.8) is 0 Å². The molecule has 1 N–H and O–H groups in total. The number of nitrogens with one attached hydrogen (secondary N) is 1. The molecule has 3 rings (SSSR count). The van der Waals surface area contributed by atoms with E-state index in [1.165, 1.54) is 22.9 Å². The summed E-state index contributed by atoms with van der Waals surface area (Å²) in [5.41, 5.74) is 0.123. The summed E-state index contributed by atoms with van der Waals surface area (Å²) in [6.07, 6.45) is 4.80. The molecule has 1 unspecified atom stereocenters. The van der Waals surface area contributed by atoms with Crippen LogP contribution < -0.4 is 5.32 Å². The molecule has 1 aromatic rings. The Kier molecular flexibility index (Phi) is 8.06. The first-order valence-corrected chi connectivity index (χ1v) is 12.8. The summed E-state index contributed by atoms with van der Waals surface area (Å²) >= 11 is 0. The van der Waals surface area contributed by atoms with Crippen LogP contribution in [-0.4, -0.2) is 54.8 Å². The number of non-ortho nitro benzene ring substituents is 1. The van der Waals surface area contributed by atoms with Gasteiger partial charge in [0.15, 0.2) is 6.10 Å². The topological polar surface area (TPSA) is 136 Å². The average molecular weight is 482 g/mol. The minimum absolute atomic E-state index is 0.0902. The highest BCUT2D eigenvalue weighted by Crippen LogP contribution is 2.29. The summed E-state index contributed by atoms with van der Waals surface area (Å²) in [6, 6.07) is 3.87. The number of ether oxygens (including phenoxy) is 1. The number of nitrogens with zero attached hydrogens (tertiary/aromatic N) is 2. The lowest BCUT2D eigenvalue weighted by atomic mass is 9.95. The number of amides is 1. The van der Waals surface area contributed by atoms with Crippen molar-refractivity contribution in [1.29, 1.82) is 0 Å². The Morgan fingerprint density at radius 3 is 2.39 bits per heavy atom. The largest absolute Gasteiger partial charge is 0.452 e. The van der Waals surface area contributed by atoms with Gasteiger partial charge in [-0.15, -0.1) is 0 Å². The summed E-state index contributed by atoms with van der Waals surface area (Å²) < 4.78 is 32.7. The number of aryl methyl sites for hydroxylation is 1. The van der Waals surface area contributed by atoms with Crippen LogP contribution in [0.3, 0.4) is 0 Å². The van der Waals surface area contributed by atoms with Gasteiger partial charge in [0.1, 0.15) is 0 Å². The zero-order valence-corrected chi connectivity index (χ0v) is 19.8. The van der Waals surface area contributed by atoms with Gasteiger partial charge in [0, 0.05) is 31.3 Å². The Morgan fingerprint density at radius 2 is 1.79 bits per heavy atom. The molecular weight excluding hydrogens is 450 g/mol. The van der Waals surface area contributed by atoms with E-state index in [-0.39, 0.29) is 48.5 Å². The maximum Gasteiger partial charge on any atom is 0.309 e. The Labute approximate surface area is 193 Å². The van der Waals surface area contributed by atoms with E-state index in [4.69, 9.17) is 4.74 Å². The van der Waals surface area contributed by atoms with Gasteiger partial charge in [-0.3, -0.25) is 19.7 Å². The molecule has 2 fully saturated rings. The number of nitro benzene ring substituents is 1. The minimum Gasteiger partial charge on any atom is -0.452 e. The predicted molar refractivity (Wildman–Crippen MR) is 120 cm³/mol. The first-order chi connectivity index (χ1) is 15.6. The van der Waals surface area contributed by atoms with Gasteiger partial charge in [-0.25, -0.2) is 8.42 Å². The molecule has 1 aromatic carbocycles. The van der Waals surface area contributed by atoms with Gasteiger partial charge in [0.25, 0.3) is 11.6 Å². The van der Waals surface area contributed by atoms with Gasteiger partial charge < -0.3 is 10.1 Å². The molecule has 1 atom stereocenters. The SMILES string of the molecule is Cc1ccc([N+](=O)[O-])cc1S(=O)(=O)N1CCC(C(=O)OC(C)C(=O)NC2CCCCC2)CC1. The fourth-order valence-electron chi connectivity index (χ4n) is 4.34. The monoisotopic (exact) mass is 481 g/mol. The first-order valence-electron chi connectivity index (χ1n) is 11.4. The standard InChI is InChI=1S/C22H31N3O7S/c1-15-8-9-19(25(28)29)14-20(15)33(30,31)24-12-10-17(11-13-24)22(27)32-16(2)21(26)23-18-6-4-3-5-7-18/h8-9,14,16-18H,3-7,10-13H2,1-2H3,(H,23,26). The molecule has 1 heterocycles. The Bertz CT molecular complexity index is 997. The van der Waals surface area contributed by atoms with Crippen LogP contribution in [0.1, 0.15) is 57.4 Å². The van der Waals surface area contributed by atoms with Gasteiger partial charge in [-0.1, -0.05) is 25.3 Å². The van der Waals surface area contributed by atoms with Gasteiger partial charge in [-0.05, 0) is 45.1 Å².